The summed E-state index contributed by atoms with van der Waals surface area (Å²) in [6.07, 6.45) is 3.00. The van der Waals surface area contributed by atoms with Crippen molar-refractivity contribution in [1.82, 2.24) is 20.2 Å². The molecule has 0 unspecified atom stereocenters. The lowest BCUT2D eigenvalue weighted by molar-refractivity contribution is 0.297. The maximum absolute atomic E-state index is 5.92. The van der Waals surface area contributed by atoms with Crippen LogP contribution in [-0.4, -0.2) is 33.9 Å². The molecule has 0 aliphatic carbocycles. The number of hydrogen-bond acceptors (Lipinski definition) is 6. The van der Waals surface area contributed by atoms with Gasteiger partial charge in [0.15, 0.2) is 11.5 Å². The molecule has 0 atom stereocenters. The molecule has 0 saturated carbocycles. The van der Waals surface area contributed by atoms with Gasteiger partial charge in [-0.1, -0.05) is 54.8 Å². The number of nitrogens with one attached hydrogen (secondary N) is 1. The summed E-state index contributed by atoms with van der Waals surface area (Å²) in [7, 11) is 1.65. The van der Waals surface area contributed by atoms with Crippen molar-refractivity contribution in [2.45, 2.75) is 39.3 Å². The third-order valence-electron chi connectivity index (χ3n) is 4.43. The molecule has 0 radical (unpaired) electrons. The number of anilines is 1. The number of nitrogens with zero attached hydrogens (tertiary/aromatic N) is 4. The molecule has 0 fully saturated rings. The van der Waals surface area contributed by atoms with Gasteiger partial charge in [0, 0.05) is 19.5 Å². The van der Waals surface area contributed by atoms with E-state index in [9.17, 15) is 0 Å². The van der Waals surface area contributed by atoms with Gasteiger partial charge < -0.3 is 14.8 Å². The lowest BCUT2D eigenvalue weighted by Crippen LogP contribution is -2.09. The number of rotatable bonds is 11. The normalized spacial score (nSPS) is 10.6. The zero-order valence-electron chi connectivity index (χ0n) is 16.5. The molecule has 0 amide bonds. The van der Waals surface area contributed by atoms with Crippen LogP contribution in [0.3, 0.4) is 0 Å². The van der Waals surface area contributed by atoms with Crippen LogP contribution in [0.4, 0.5) is 5.95 Å². The van der Waals surface area contributed by atoms with Crippen molar-refractivity contribution in [3.8, 4) is 11.5 Å². The molecule has 0 aliphatic rings. The van der Waals surface area contributed by atoms with Gasteiger partial charge >= 0.3 is 0 Å². The number of unbranched alkanes of at least 4 members (excludes halogenated alkanes) is 1. The zero-order valence-corrected chi connectivity index (χ0v) is 16.5. The van der Waals surface area contributed by atoms with E-state index >= 15 is 0 Å². The number of benzene rings is 2. The Morgan fingerprint density at radius 3 is 2.68 bits per heavy atom. The molecule has 1 N–H and O–H groups in total. The molecule has 1 aromatic heterocycles. The second-order valence-corrected chi connectivity index (χ2v) is 6.50. The van der Waals surface area contributed by atoms with Crippen LogP contribution in [-0.2, 0) is 19.5 Å². The number of tetrazole rings is 1. The van der Waals surface area contributed by atoms with E-state index in [1.54, 1.807) is 11.8 Å². The third-order valence-corrected chi connectivity index (χ3v) is 4.43. The maximum Gasteiger partial charge on any atom is 0.243 e. The first-order valence-electron chi connectivity index (χ1n) is 9.64. The van der Waals surface area contributed by atoms with Crippen molar-refractivity contribution in [1.29, 1.82) is 0 Å². The van der Waals surface area contributed by atoms with Crippen LogP contribution in [0.1, 0.15) is 30.9 Å². The Morgan fingerprint density at radius 1 is 1.04 bits per heavy atom. The minimum absolute atomic E-state index is 0.601. The van der Waals surface area contributed by atoms with Crippen LogP contribution < -0.4 is 14.8 Å². The fourth-order valence-electron chi connectivity index (χ4n) is 2.84. The Kier molecular flexibility index (Phi) is 7.23. The Bertz CT molecular complexity index is 851. The molecule has 148 valence electrons. The quantitative estimate of drug-likeness (QED) is 0.546. The molecular formula is C21H27N5O2. The van der Waals surface area contributed by atoms with Crippen molar-refractivity contribution in [2.75, 3.05) is 19.0 Å². The fourth-order valence-corrected chi connectivity index (χ4v) is 2.84. The molecule has 7 heteroatoms. The van der Waals surface area contributed by atoms with Crippen LogP contribution in [0, 0.1) is 0 Å². The predicted molar refractivity (Wildman–Crippen MR) is 109 cm³/mol. The fraction of sp³-hybridized carbons (Fsp3) is 0.381. The number of aryl methyl sites for hydroxylation is 1. The Hall–Kier alpha value is -3.09. The van der Waals surface area contributed by atoms with Gasteiger partial charge in [0.05, 0.1) is 13.7 Å². The Labute approximate surface area is 165 Å². The van der Waals surface area contributed by atoms with Crippen molar-refractivity contribution in [2.24, 2.45) is 0 Å². The van der Waals surface area contributed by atoms with Crippen molar-refractivity contribution in [3.63, 3.8) is 0 Å². The molecule has 0 saturated heterocycles. The second-order valence-electron chi connectivity index (χ2n) is 6.50. The van der Waals surface area contributed by atoms with Crippen LogP contribution in [0.2, 0.25) is 0 Å². The number of methoxy groups -OCH3 is 1. The lowest BCUT2D eigenvalue weighted by atomic mass is 10.1. The summed E-state index contributed by atoms with van der Waals surface area (Å²) in [5.41, 5.74) is 2.32. The van der Waals surface area contributed by atoms with Gasteiger partial charge in [-0.2, -0.15) is 0 Å². The van der Waals surface area contributed by atoms with Crippen LogP contribution >= 0.6 is 0 Å². The maximum atomic E-state index is 5.92. The van der Waals surface area contributed by atoms with E-state index in [1.807, 2.05) is 36.4 Å². The van der Waals surface area contributed by atoms with E-state index in [1.165, 1.54) is 5.56 Å². The first kappa shape index (κ1) is 19.7. The summed E-state index contributed by atoms with van der Waals surface area (Å²) < 4.78 is 13.2. The third kappa shape index (κ3) is 5.45. The van der Waals surface area contributed by atoms with Gasteiger partial charge in [-0.15, -0.1) is 0 Å². The highest BCUT2D eigenvalue weighted by molar-refractivity contribution is 5.44. The minimum Gasteiger partial charge on any atom is -0.493 e. The highest BCUT2D eigenvalue weighted by Gasteiger charge is 2.08. The van der Waals surface area contributed by atoms with E-state index in [0.717, 1.165) is 42.9 Å². The molecule has 1 heterocycles. The molecule has 3 aromatic rings. The van der Waals surface area contributed by atoms with E-state index in [4.69, 9.17) is 9.47 Å². The standard InChI is InChI=1S/C21H27N5O2/c1-3-4-13-26-21(23-24-25-26)22-16-18-10-11-19(20(15-18)27-2)28-14-12-17-8-6-5-7-9-17/h5-11,15H,3-4,12-14,16H2,1-2H3,(H,22,23,25). The van der Waals surface area contributed by atoms with Gasteiger partial charge in [-0.3, -0.25) is 0 Å². The van der Waals surface area contributed by atoms with Gasteiger partial charge in [0.2, 0.25) is 5.95 Å². The average molecular weight is 381 g/mol. The number of aromatic nitrogens is 4. The Balaban J connectivity index is 1.56. The van der Waals surface area contributed by atoms with Gasteiger partial charge in [0.25, 0.3) is 0 Å². The molecule has 0 spiro atoms. The minimum atomic E-state index is 0.601. The largest absolute Gasteiger partial charge is 0.493 e. The van der Waals surface area contributed by atoms with Crippen molar-refractivity contribution < 1.29 is 9.47 Å². The van der Waals surface area contributed by atoms with Gasteiger partial charge in [-0.25, -0.2) is 4.68 Å². The zero-order chi connectivity index (χ0) is 19.6. The smallest absolute Gasteiger partial charge is 0.243 e. The summed E-state index contributed by atoms with van der Waals surface area (Å²) in [5.74, 6) is 2.14. The van der Waals surface area contributed by atoms with E-state index in [0.29, 0.717) is 19.1 Å². The van der Waals surface area contributed by atoms with E-state index in [2.05, 4.69) is 39.9 Å². The van der Waals surface area contributed by atoms with Crippen LogP contribution in [0.5, 0.6) is 11.5 Å². The van der Waals surface area contributed by atoms with Crippen LogP contribution in [0.25, 0.3) is 0 Å². The first-order valence-corrected chi connectivity index (χ1v) is 9.64. The molecule has 2 aromatic carbocycles. The summed E-state index contributed by atoms with van der Waals surface area (Å²) >= 11 is 0. The van der Waals surface area contributed by atoms with Gasteiger partial charge in [-0.05, 0) is 40.1 Å². The number of ether oxygens (including phenoxy) is 2. The predicted octanol–water partition coefficient (Wildman–Crippen LogP) is 3.72. The van der Waals surface area contributed by atoms with Crippen molar-refractivity contribution in [3.05, 3.63) is 59.7 Å². The molecule has 28 heavy (non-hydrogen) atoms. The summed E-state index contributed by atoms with van der Waals surface area (Å²) in [6.45, 7) is 4.16. The Morgan fingerprint density at radius 2 is 1.89 bits per heavy atom. The van der Waals surface area contributed by atoms with E-state index < -0.39 is 0 Å². The highest BCUT2D eigenvalue weighted by atomic mass is 16.5. The molecule has 0 bridgehead atoms. The SMILES string of the molecule is CCCCn1nnnc1NCc1ccc(OCCc2ccccc2)c(OC)c1. The van der Waals surface area contributed by atoms with Crippen molar-refractivity contribution >= 4 is 5.95 Å². The molecule has 7 nitrogen and oxygen atoms in total. The molecule has 3 rings (SSSR count). The summed E-state index contributed by atoms with van der Waals surface area (Å²) in [5, 5.41) is 15.1. The lowest BCUT2D eigenvalue weighted by Gasteiger charge is -2.13. The topological polar surface area (TPSA) is 74.1 Å². The average Bonchev–Trinajstić information content (AvgIpc) is 3.19. The highest BCUT2D eigenvalue weighted by Crippen LogP contribution is 2.28. The second kappa shape index (κ2) is 10.3. The molecular weight excluding hydrogens is 354 g/mol. The summed E-state index contributed by atoms with van der Waals surface area (Å²) in [4.78, 5) is 0. The first-order chi connectivity index (χ1) is 13.8. The summed E-state index contributed by atoms with van der Waals surface area (Å²) in [6, 6.07) is 16.2. The molecule has 0 aliphatic heterocycles. The monoisotopic (exact) mass is 381 g/mol. The van der Waals surface area contributed by atoms with Crippen LogP contribution in [0.15, 0.2) is 48.5 Å². The van der Waals surface area contributed by atoms with E-state index in [-0.39, 0.29) is 0 Å². The number of hydrogen-bond donors (Lipinski definition) is 1. The van der Waals surface area contributed by atoms with Gasteiger partial charge in [0.1, 0.15) is 0 Å².